The van der Waals surface area contributed by atoms with E-state index in [2.05, 4.69) is 5.32 Å². The van der Waals surface area contributed by atoms with Crippen LogP contribution in [0.2, 0.25) is 0 Å². The fourth-order valence-corrected chi connectivity index (χ4v) is 3.35. The van der Waals surface area contributed by atoms with Crippen LogP contribution in [0.15, 0.2) is 6.07 Å². The zero-order chi connectivity index (χ0) is 14.0. The molecule has 1 fully saturated rings. The zero-order valence-electron chi connectivity index (χ0n) is 11.3. The van der Waals surface area contributed by atoms with Crippen LogP contribution in [0.1, 0.15) is 35.4 Å². The summed E-state index contributed by atoms with van der Waals surface area (Å²) in [6.07, 6.45) is 3.42. The molecule has 1 aliphatic rings. The molecule has 5 nitrogen and oxygen atoms in total. The maximum absolute atomic E-state index is 11.9. The number of aliphatic hydroxyl groups is 1. The Kier molecular flexibility index (Phi) is 4.31. The predicted molar refractivity (Wildman–Crippen MR) is 78.6 cm³/mol. The summed E-state index contributed by atoms with van der Waals surface area (Å²) in [5.74, 6) is -0.0605. The number of thiophene rings is 1. The average molecular weight is 283 g/mol. The molecule has 1 amide bonds. The van der Waals surface area contributed by atoms with E-state index in [1.54, 1.807) is 14.1 Å². The third-order valence-electron chi connectivity index (χ3n) is 3.40. The lowest BCUT2D eigenvalue weighted by Crippen LogP contribution is -2.27. The van der Waals surface area contributed by atoms with Crippen LogP contribution in [0, 0.1) is 0 Å². The lowest BCUT2D eigenvalue weighted by Gasteiger charge is -2.26. The molecule has 6 heteroatoms. The summed E-state index contributed by atoms with van der Waals surface area (Å²) in [4.78, 5) is 14.0. The van der Waals surface area contributed by atoms with E-state index in [0.29, 0.717) is 16.6 Å². The van der Waals surface area contributed by atoms with Crippen LogP contribution in [0.25, 0.3) is 0 Å². The lowest BCUT2D eigenvalue weighted by molar-refractivity contribution is 0.0833. The fraction of sp³-hybridized carbons (Fsp3) is 0.615. The molecule has 4 N–H and O–H groups in total. The minimum absolute atomic E-state index is 0.0605. The van der Waals surface area contributed by atoms with Gasteiger partial charge in [0.25, 0.3) is 5.91 Å². The number of carbonyl (C=O) groups is 1. The molecule has 1 saturated carbocycles. The van der Waals surface area contributed by atoms with Crippen molar-refractivity contribution in [3.8, 4) is 0 Å². The van der Waals surface area contributed by atoms with Gasteiger partial charge in [-0.2, -0.15) is 0 Å². The van der Waals surface area contributed by atoms with Gasteiger partial charge in [-0.15, -0.1) is 11.3 Å². The van der Waals surface area contributed by atoms with Gasteiger partial charge in [0.2, 0.25) is 0 Å². The summed E-state index contributed by atoms with van der Waals surface area (Å²) in [6.45, 7) is 0. The first kappa shape index (κ1) is 14.1. The van der Waals surface area contributed by atoms with Crippen molar-refractivity contribution in [3.63, 3.8) is 0 Å². The van der Waals surface area contributed by atoms with Crippen molar-refractivity contribution in [1.29, 1.82) is 0 Å². The minimum atomic E-state index is -0.155. The monoisotopic (exact) mass is 283 g/mol. The van der Waals surface area contributed by atoms with E-state index >= 15 is 0 Å². The molecule has 0 bridgehead atoms. The quantitative estimate of drug-likeness (QED) is 0.789. The molecule has 1 heterocycles. The number of nitrogens with two attached hydrogens (primary N) is 1. The summed E-state index contributed by atoms with van der Waals surface area (Å²) in [5.41, 5.74) is 6.42. The van der Waals surface area contributed by atoms with Crippen LogP contribution in [-0.4, -0.2) is 42.2 Å². The Hall–Kier alpha value is -1.27. The summed E-state index contributed by atoms with van der Waals surface area (Å²) in [5, 5.41) is 13.8. The van der Waals surface area contributed by atoms with Crippen LogP contribution in [0.4, 0.5) is 10.7 Å². The van der Waals surface area contributed by atoms with Crippen molar-refractivity contribution in [2.24, 2.45) is 0 Å². The van der Waals surface area contributed by atoms with Crippen LogP contribution in [0.5, 0.6) is 0 Å². The normalized spacial score (nSPS) is 23.1. The van der Waals surface area contributed by atoms with E-state index in [1.807, 2.05) is 6.07 Å². The van der Waals surface area contributed by atoms with Crippen LogP contribution in [0.3, 0.4) is 0 Å². The number of amides is 1. The maximum Gasteiger partial charge on any atom is 0.265 e. The third-order valence-corrected chi connectivity index (χ3v) is 4.47. The van der Waals surface area contributed by atoms with Gasteiger partial charge in [-0.1, -0.05) is 0 Å². The van der Waals surface area contributed by atoms with Gasteiger partial charge in [-0.05, 0) is 31.7 Å². The molecule has 0 aliphatic heterocycles. The van der Waals surface area contributed by atoms with E-state index in [0.717, 1.165) is 30.7 Å². The third kappa shape index (κ3) is 3.39. The Bertz CT molecular complexity index is 451. The molecule has 1 aliphatic carbocycles. The molecule has 0 spiro atoms. The van der Waals surface area contributed by atoms with E-state index in [1.165, 1.54) is 16.2 Å². The highest BCUT2D eigenvalue weighted by Crippen LogP contribution is 2.32. The second-order valence-electron chi connectivity index (χ2n) is 5.24. The number of aliphatic hydroxyl groups excluding tert-OH is 1. The van der Waals surface area contributed by atoms with Crippen molar-refractivity contribution in [3.05, 3.63) is 10.9 Å². The summed E-state index contributed by atoms with van der Waals surface area (Å²) < 4.78 is 0. The Morgan fingerprint density at radius 3 is 2.63 bits per heavy atom. The first-order chi connectivity index (χ1) is 8.97. The molecule has 106 valence electrons. The first-order valence-electron chi connectivity index (χ1n) is 6.53. The smallest absolute Gasteiger partial charge is 0.265 e. The van der Waals surface area contributed by atoms with Crippen LogP contribution in [-0.2, 0) is 0 Å². The number of nitrogens with zero attached hydrogens (tertiary/aromatic N) is 1. The van der Waals surface area contributed by atoms with E-state index < -0.39 is 0 Å². The van der Waals surface area contributed by atoms with E-state index in [9.17, 15) is 9.90 Å². The van der Waals surface area contributed by atoms with Crippen molar-refractivity contribution in [2.75, 3.05) is 25.1 Å². The number of nitrogens with one attached hydrogen (secondary N) is 1. The second-order valence-corrected chi connectivity index (χ2v) is 6.30. The standard InChI is InChI=1S/C13H21N3O2S/c1-16(2)13(18)12-10(14)7-11(19-12)15-8-3-5-9(17)6-4-8/h7-9,15,17H,3-6,14H2,1-2H3. The largest absolute Gasteiger partial charge is 0.397 e. The number of nitrogen functional groups attached to an aromatic ring is 1. The van der Waals surface area contributed by atoms with Gasteiger partial charge < -0.3 is 21.1 Å². The van der Waals surface area contributed by atoms with Gasteiger partial charge >= 0.3 is 0 Å². The average Bonchev–Trinajstić information content (AvgIpc) is 2.72. The molecule has 0 aromatic carbocycles. The highest BCUT2D eigenvalue weighted by molar-refractivity contribution is 7.18. The zero-order valence-corrected chi connectivity index (χ0v) is 12.2. The van der Waals surface area contributed by atoms with Crippen LogP contribution < -0.4 is 11.1 Å². The van der Waals surface area contributed by atoms with Gasteiger partial charge in [0.05, 0.1) is 16.8 Å². The number of hydrogen-bond donors (Lipinski definition) is 3. The molecular weight excluding hydrogens is 262 g/mol. The summed E-state index contributed by atoms with van der Waals surface area (Å²) in [6, 6.07) is 2.19. The van der Waals surface area contributed by atoms with Gasteiger partial charge in [-0.3, -0.25) is 4.79 Å². The van der Waals surface area contributed by atoms with Crippen molar-refractivity contribution in [2.45, 2.75) is 37.8 Å². The number of carbonyl (C=O) groups excluding carboxylic acids is 1. The van der Waals surface area contributed by atoms with Crippen molar-refractivity contribution < 1.29 is 9.90 Å². The molecule has 1 aromatic rings. The SMILES string of the molecule is CN(C)C(=O)c1sc(NC2CCC(O)CC2)cc1N. The summed E-state index contributed by atoms with van der Waals surface area (Å²) in [7, 11) is 3.44. The molecule has 0 radical (unpaired) electrons. The Labute approximate surface area is 117 Å². The number of hydrogen-bond acceptors (Lipinski definition) is 5. The van der Waals surface area contributed by atoms with Gasteiger partial charge in [-0.25, -0.2) is 0 Å². The molecule has 2 rings (SSSR count). The van der Waals surface area contributed by atoms with Crippen LogP contribution >= 0.6 is 11.3 Å². The molecule has 0 unspecified atom stereocenters. The number of rotatable bonds is 3. The highest BCUT2D eigenvalue weighted by atomic mass is 32.1. The van der Waals surface area contributed by atoms with Crippen molar-refractivity contribution >= 4 is 27.9 Å². The van der Waals surface area contributed by atoms with Gasteiger partial charge in [0.1, 0.15) is 4.88 Å². The highest BCUT2D eigenvalue weighted by Gasteiger charge is 2.21. The van der Waals surface area contributed by atoms with Gasteiger partial charge in [0.15, 0.2) is 0 Å². The molecular formula is C13H21N3O2S. The maximum atomic E-state index is 11.9. The van der Waals surface area contributed by atoms with E-state index in [4.69, 9.17) is 5.73 Å². The topological polar surface area (TPSA) is 78.6 Å². The summed E-state index contributed by atoms with van der Waals surface area (Å²) >= 11 is 1.40. The predicted octanol–water partition coefficient (Wildman–Crippen LogP) is 1.75. The lowest BCUT2D eigenvalue weighted by atomic mass is 9.93. The molecule has 19 heavy (non-hydrogen) atoms. The first-order valence-corrected chi connectivity index (χ1v) is 7.34. The van der Waals surface area contributed by atoms with E-state index in [-0.39, 0.29) is 12.0 Å². The Balaban J connectivity index is 2.02. The van der Waals surface area contributed by atoms with Crippen molar-refractivity contribution in [1.82, 2.24) is 4.90 Å². The second kappa shape index (κ2) is 5.79. The molecule has 0 saturated heterocycles. The minimum Gasteiger partial charge on any atom is -0.397 e. The molecule has 1 aromatic heterocycles. The Morgan fingerprint density at radius 1 is 1.42 bits per heavy atom. The van der Waals surface area contributed by atoms with Gasteiger partial charge in [0, 0.05) is 20.1 Å². The molecule has 0 atom stereocenters. The number of anilines is 2. The fourth-order valence-electron chi connectivity index (χ4n) is 2.27. The Morgan fingerprint density at radius 2 is 2.05 bits per heavy atom.